The van der Waals surface area contributed by atoms with Gasteiger partial charge < -0.3 is 5.32 Å². The molecule has 2 aromatic rings. The maximum absolute atomic E-state index is 13.8. The van der Waals surface area contributed by atoms with Gasteiger partial charge in [0.25, 0.3) is 5.91 Å². The summed E-state index contributed by atoms with van der Waals surface area (Å²) in [5.41, 5.74) is -1.65. The molecule has 0 aliphatic heterocycles. The summed E-state index contributed by atoms with van der Waals surface area (Å²) in [7, 11) is 0. The smallest absolute Gasteiger partial charge is 0.327 e. The van der Waals surface area contributed by atoms with Crippen LogP contribution >= 0.6 is 34.8 Å². The molecule has 1 atom stereocenters. The van der Waals surface area contributed by atoms with Crippen LogP contribution < -0.4 is 10.7 Å². The number of hydrogen-bond acceptors (Lipinski definition) is 2. The van der Waals surface area contributed by atoms with E-state index in [1.807, 2.05) is 5.43 Å². The zero-order chi connectivity index (χ0) is 31.5. The van der Waals surface area contributed by atoms with Gasteiger partial charge in [0.2, 0.25) is 0 Å². The molecule has 0 aliphatic rings. The van der Waals surface area contributed by atoms with Gasteiger partial charge in [-0.1, -0.05) is 53.0 Å². The Hall–Kier alpha value is -2.84. The monoisotopic (exact) mass is 657 g/mol. The van der Waals surface area contributed by atoms with Crippen LogP contribution in [0.4, 0.5) is 44.3 Å². The fourth-order valence-corrected chi connectivity index (χ4v) is 3.93. The molecule has 17 heteroatoms. The van der Waals surface area contributed by atoms with Crippen LogP contribution in [0.15, 0.2) is 36.4 Å². The van der Waals surface area contributed by atoms with E-state index in [2.05, 4.69) is 0 Å². The Morgan fingerprint density at radius 1 is 0.927 bits per heavy atom. The Kier molecular flexibility index (Phi) is 10.9. The van der Waals surface area contributed by atoms with Crippen molar-refractivity contribution in [1.29, 1.82) is 0 Å². The number of carbonyl (C=O) groups is 2. The Bertz CT molecular complexity index is 1290. The number of benzene rings is 2. The summed E-state index contributed by atoms with van der Waals surface area (Å²) >= 11 is 17.4. The van der Waals surface area contributed by atoms with E-state index in [4.69, 9.17) is 34.8 Å². The van der Waals surface area contributed by atoms with Crippen LogP contribution in [-0.4, -0.2) is 41.9 Å². The molecular formula is C24H19Cl3F9N3O2. The maximum Gasteiger partial charge on any atom is 0.417 e. The number of halogens is 12. The highest BCUT2D eigenvalue weighted by Gasteiger charge is 2.40. The Morgan fingerprint density at radius 2 is 1.49 bits per heavy atom. The van der Waals surface area contributed by atoms with Gasteiger partial charge >= 0.3 is 24.6 Å². The first-order chi connectivity index (χ1) is 18.6. The van der Waals surface area contributed by atoms with Crippen molar-refractivity contribution in [2.24, 2.45) is 0 Å². The second kappa shape index (κ2) is 13.0. The van der Waals surface area contributed by atoms with Gasteiger partial charge in [0, 0.05) is 6.04 Å². The van der Waals surface area contributed by atoms with E-state index in [1.54, 1.807) is 0 Å². The molecule has 0 radical (unpaired) electrons. The molecule has 3 amide bonds. The van der Waals surface area contributed by atoms with Gasteiger partial charge in [0.1, 0.15) is 6.54 Å². The fraction of sp³-hybridized carbons (Fsp3) is 0.333. The highest BCUT2D eigenvalue weighted by Crippen LogP contribution is 2.41. The Labute approximate surface area is 242 Å². The number of rotatable bonds is 6. The molecule has 0 aliphatic carbocycles. The minimum atomic E-state index is -5.20. The molecule has 1 unspecified atom stereocenters. The van der Waals surface area contributed by atoms with Gasteiger partial charge in [-0.2, -0.15) is 39.5 Å². The standard InChI is InChI=1S/C24H19Cl3F9N3O2/c1-11(2)39(21(41)37-10-22(28,29)30)38-20(40)14-5-3-12(7-16(14)24(34,35)36)4-6-15(23(31,32)33)13-8-17(25)19(27)18(26)9-13/h3-9,11,15H,10H2,1-2H3,(H,37,41)(H,38,40)/b6-4+. The van der Waals surface area contributed by atoms with Crippen LogP contribution in [0.3, 0.4) is 0 Å². The summed E-state index contributed by atoms with van der Waals surface area (Å²) < 4.78 is 120. The zero-order valence-corrected chi connectivity index (χ0v) is 23.0. The number of urea groups is 1. The molecule has 5 nitrogen and oxygen atoms in total. The molecule has 2 aromatic carbocycles. The Morgan fingerprint density at radius 3 is 1.95 bits per heavy atom. The maximum atomic E-state index is 13.8. The van der Waals surface area contributed by atoms with E-state index >= 15 is 0 Å². The predicted octanol–water partition coefficient (Wildman–Crippen LogP) is 8.65. The third-order valence-electron chi connectivity index (χ3n) is 5.19. The Balaban J connectivity index is 2.43. The number of allylic oxidation sites excluding steroid dienone is 1. The lowest BCUT2D eigenvalue weighted by molar-refractivity contribution is -0.139. The molecule has 0 bridgehead atoms. The summed E-state index contributed by atoms with van der Waals surface area (Å²) in [5.74, 6) is -3.87. The van der Waals surface area contributed by atoms with Crippen molar-refractivity contribution < 1.29 is 49.1 Å². The van der Waals surface area contributed by atoms with Gasteiger partial charge in [0.05, 0.1) is 32.1 Å². The fourth-order valence-electron chi connectivity index (χ4n) is 3.31. The van der Waals surface area contributed by atoms with Gasteiger partial charge in [-0.3, -0.25) is 10.2 Å². The predicted molar refractivity (Wildman–Crippen MR) is 135 cm³/mol. The van der Waals surface area contributed by atoms with Crippen molar-refractivity contribution >= 4 is 52.8 Å². The topological polar surface area (TPSA) is 61.4 Å². The van der Waals surface area contributed by atoms with Gasteiger partial charge in [-0.15, -0.1) is 0 Å². The number of carbonyl (C=O) groups excluding carboxylic acids is 2. The summed E-state index contributed by atoms with van der Waals surface area (Å²) in [6, 6.07) is 1.31. The third kappa shape index (κ3) is 9.60. The number of hydrazine groups is 1. The van der Waals surface area contributed by atoms with Crippen LogP contribution in [0, 0.1) is 0 Å². The van der Waals surface area contributed by atoms with E-state index in [9.17, 15) is 49.1 Å². The first kappa shape index (κ1) is 34.4. The van der Waals surface area contributed by atoms with Crippen LogP contribution in [0.25, 0.3) is 6.08 Å². The summed E-state index contributed by atoms with van der Waals surface area (Å²) in [5, 5.41) is 1.08. The van der Waals surface area contributed by atoms with Gasteiger partial charge in [-0.05, 0) is 49.2 Å². The third-order valence-corrected chi connectivity index (χ3v) is 6.39. The molecule has 2 rings (SSSR count). The SMILES string of the molecule is CC(C)N(NC(=O)c1ccc(/C=C/C(c2cc(Cl)c(Cl)c(Cl)c2)C(F)(F)F)cc1C(F)(F)F)C(=O)NCC(F)(F)F. The van der Waals surface area contributed by atoms with E-state index in [1.165, 1.54) is 19.2 Å². The number of nitrogens with zero attached hydrogens (tertiary/aromatic N) is 1. The highest BCUT2D eigenvalue weighted by atomic mass is 35.5. The number of nitrogens with one attached hydrogen (secondary N) is 2. The van der Waals surface area contributed by atoms with Crippen LogP contribution in [0.1, 0.15) is 46.8 Å². The van der Waals surface area contributed by atoms with Crippen molar-refractivity contribution in [2.45, 2.75) is 44.3 Å². The second-order valence-electron chi connectivity index (χ2n) is 8.66. The molecule has 226 valence electrons. The van der Waals surface area contributed by atoms with Gasteiger partial charge in [0.15, 0.2) is 0 Å². The van der Waals surface area contributed by atoms with Crippen LogP contribution in [0.2, 0.25) is 15.1 Å². The zero-order valence-electron chi connectivity index (χ0n) is 20.7. The lowest BCUT2D eigenvalue weighted by atomic mass is 9.96. The van der Waals surface area contributed by atoms with Crippen molar-refractivity contribution in [2.75, 3.05) is 6.54 Å². The largest absolute Gasteiger partial charge is 0.417 e. The van der Waals surface area contributed by atoms with E-state index in [0.29, 0.717) is 23.2 Å². The molecule has 2 N–H and O–H groups in total. The van der Waals surface area contributed by atoms with Crippen molar-refractivity contribution in [3.05, 3.63) is 73.7 Å². The molecule has 0 saturated heterocycles. The summed E-state index contributed by atoms with van der Waals surface area (Å²) in [6.07, 6.45) is -13.6. The van der Waals surface area contributed by atoms with Crippen LogP contribution in [0.5, 0.6) is 0 Å². The normalized spacial score (nSPS) is 13.4. The molecular weight excluding hydrogens is 640 g/mol. The number of alkyl halides is 9. The summed E-state index contributed by atoms with van der Waals surface area (Å²) in [6.45, 7) is 0.765. The first-order valence-corrected chi connectivity index (χ1v) is 12.3. The van der Waals surface area contributed by atoms with E-state index < -0.39 is 71.2 Å². The lowest BCUT2D eigenvalue weighted by Crippen LogP contribution is -2.55. The lowest BCUT2D eigenvalue weighted by Gasteiger charge is -2.28. The number of hydrogen-bond donors (Lipinski definition) is 2. The van der Waals surface area contributed by atoms with Crippen molar-refractivity contribution in [3.63, 3.8) is 0 Å². The number of amides is 3. The van der Waals surface area contributed by atoms with Crippen molar-refractivity contribution in [3.8, 4) is 0 Å². The molecule has 0 saturated carbocycles. The van der Waals surface area contributed by atoms with Crippen molar-refractivity contribution in [1.82, 2.24) is 15.8 Å². The molecule has 0 aromatic heterocycles. The van der Waals surface area contributed by atoms with E-state index in [0.717, 1.165) is 24.3 Å². The molecule has 0 fully saturated rings. The van der Waals surface area contributed by atoms with Gasteiger partial charge in [-0.25, -0.2) is 9.80 Å². The average Bonchev–Trinajstić information content (AvgIpc) is 2.82. The first-order valence-electron chi connectivity index (χ1n) is 11.2. The summed E-state index contributed by atoms with van der Waals surface area (Å²) in [4.78, 5) is 24.8. The average molecular weight is 659 g/mol. The minimum Gasteiger partial charge on any atom is -0.327 e. The second-order valence-corrected chi connectivity index (χ2v) is 9.85. The molecule has 41 heavy (non-hydrogen) atoms. The minimum absolute atomic E-state index is 0.195. The molecule has 0 heterocycles. The van der Waals surface area contributed by atoms with E-state index in [-0.39, 0.29) is 15.1 Å². The quantitative estimate of drug-likeness (QED) is 0.186. The van der Waals surface area contributed by atoms with Crippen LogP contribution in [-0.2, 0) is 6.18 Å². The molecule has 0 spiro atoms. The highest BCUT2D eigenvalue weighted by molar-refractivity contribution is 6.48.